The lowest BCUT2D eigenvalue weighted by Crippen LogP contribution is -2.38. The van der Waals surface area contributed by atoms with Crippen LogP contribution in [0, 0.1) is 0 Å². The summed E-state index contributed by atoms with van der Waals surface area (Å²) in [5, 5.41) is 3.15. The molecule has 1 aliphatic rings. The number of hydrogen-bond acceptors (Lipinski definition) is 4. The summed E-state index contributed by atoms with van der Waals surface area (Å²) in [6.07, 6.45) is 3.08. The maximum Gasteiger partial charge on any atom is 0.320 e. The number of rotatable bonds is 5. The van der Waals surface area contributed by atoms with Crippen LogP contribution in [0.4, 0.5) is 0 Å². The number of ether oxygens (including phenoxy) is 1. The van der Waals surface area contributed by atoms with E-state index in [0.717, 1.165) is 32.4 Å². The quantitative estimate of drug-likeness (QED) is 0.713. The summed E-state index contributed by atoms with van der Waals surface area (Å²) in [5.41, 5.74) is 0. The van der Waals surface area contributed by atoms with E-state index in [4.69, 9.17) is 4.74 Å². The predicted octanol–water partition coefficient (Wildman–Crippen LogP) is 1.01. The molecule has 0 aromatic rings. The Kier molecular flexibility index (Phi) is 5.77. The number of nitrogens with one attached hydrogen (secondary N) is 1. The summed E-state index contributed by atoms with van der Waals surface area (Å²) < 4.78 is 5.41. The Morgan fingerprint density at radius 2 is 2.12 bits per heavy atom. The molecule has 1 rings (SSSR count). The predicted molar refractivity (Wildman–Crippen MR) is 64.4 cm³/mol. The van der Waals surface area contributed by atoms with Gasteiger partial charge in [0.1, 0.15) is 6.10 Å². The van der Waals surface area contributed by atoms with Crippen LogP contribution >= 0.6 is 0 Å². The van der Waals surface area contributed by atoms with Crippen molar-refractivity contribution in [3.8, 4) is 0 Å². The Hall–Kier alpha value is -0.610. The third-order valence-electron chi connectivity index (χ3n) is 3.17. The smallest absolute Gasteiger partial charge is 0.320 e. The molecule has 0 aliphatic carbocycles. The molecule has 1 heterocycles. The van der Waals surface area contributed by atoms with Gasteiger partial charge in [-0.3, -0.25) is 4.79 Å². The molecule has 1 unspecified atom stereocenters. The standard InChI is InChI=1S/C12H24N2O2/c1-4-10(2)13-9-12(15)16-11-5-7-14(3)8-6-11/h10-11,13H,4-9H2,1-3H3. The molecule has 0 amide bonds. The fourth-order valence-corrected chi connectivity index (χ4v) is 1.73. The van der Waals surface area contributed by atoms with Crippen LogP contribution in [0.25, 0.3) is 0 Å². The molecule has 1 saturated heterocycles. The second kappa shape index (κ2) is 6.86. The lowest BCUT2D eigenvalue weighted by atomic mass is 10.1. The van der Waals surface area contributed by atoms with Crippen molar-refractivity contribution in [2.75, 3.05) is 26.7 Å². The Morgan fingerprint density at radius 1 is 1.50 bits per heavy atom. The number of carbonyl (C=O) groups excluding carboxylic acids is 1. The number of piperidine rings is 1. The first-order valence-electron chi connectivity index (χ1n) is 6.23. The first kappa shape index (κ1) is 13.5. The van der Waals surface area contributed by atoms with Gasteiger partial charge in [0, 0.05) is 19.1 Å². The van der Waals surface area contributed by atoms with Crippen molar-refractivity contribution < 1.29 is 9.53 Å². The summed E-state index contributed by atoms with van der Waals surface area (Å²) in [6, 6.07) is 0.380. The third-order valence-corrected chi connectivity index (χ3v) is 3.17. The number of esters is 1. The Balaban J connectivity index is 2.14. The van der Waals surface area contributed by atoms with Gasteiger partial charge in [0.25, 0.3) is 0 Å². The second-order valence-corrected chi connectivity index (χ2v) is 4.68. The van der Waals surface area contributed by atoms with Gasteiger partial charge in [-0.05, 0) is 33.2 Å². The molecule has 1 fully saturated rings. The van der Waals surface area contributed by atoms with Gasteiger partial charge >= 0.3 is 5.97 Å². The molecule has 0 radical (unpaired) electrons. The van der Waals surface area contributed by atoms with Crippen LogP contribution in [-0.4, -0.2) is 49.7 Å². The molecule has 1 N–H and O–H groups in total. The molecule has 1 atom stereocenters. The summed E-state index contributed by atoms with van der Waals surface area (Å²) in [4.78, 5) is 13.8. The minimum atomic E-state index is -0.116. The molecule has 0 saturated carbocycles. The Bertz CT molecular complexity index is 213. The first-order valence-corrected chi connectivity index (χ1v) is 6.23. The lowest BCUT2D eigenvalue weighted by molar-refractivity contribution is -0.150. The van der Waals surface area contributed by atoms with Gasteiger partial charge in [-0.15, -0.1) is 0 Å². The largest absolute Gasteiger partial charge is 0.461 e. The van der Waals surface area contributed by atoms with Gasteiger partial charge in [-0.2, -0.15) is 0 Å². The second-order valence-electron chi connectivity index (χ2n) is 4.68. The van der Waals surface area contributed by atoms with Crippen molar-refractivity contribution in [1.29, 1.82) is 0 Å². The maximum absolute atomic E-state index is 11.5. The Morgan fingerprint density at radius 3 is 2.69 bits per heavy atom. The third kappa shape index (κ3) is 4.94. The van der Waals surface area contributed by atoms with Crippen LogP contribution in [0.2, 0.25) is 0 Å². The molecule has 0 bridgehead atoms. The van der Waals surface area contributed by atoms with E-state index in [0.29, 0.717) is 12.6 Å². The number of likely N-dealkylation sites (tertiary alicyclic amines) is 1. The summed E-state index contributed by atoms with van der Waals surface area (Å²) >= 11 is 0. The zero-order valence-corrected chi connectivity index (χ0v) is 10.7. The van der Waals surface area contributed by atoms with E-state index in [1.807, 2.05) is 0 Å². The van der Waals surface area contributed by atoms with Crippen molar-refractivity contribution in [2.24, 2.45) is 0 Å². The normalized spacial score (nSPS) is 20.7. The van der Waals surface area contributed by atoms with Crippen molar-refractivity contribution in [3.05, 3.63) is 0 Å². The molecule has 16 heavy (non-hydrogen) atoms. The SMILES string of the molecule is CCC(C)NCC(=O)OC1CCN(C)CC1. The lowest BCUT2D eigenvalue weighted by Gasteiger charge is -2.28. The molecule has 4 heteroatoms. The van der Waals surface area contributed by atoms with Crippen LogP contribution in [-0.2, 0) is 9.53 Å². The van der Waals surface area contributed by atoms with E-state index in [-0.39, 0.29) is 12.1 Å². The van der Waals surface area contributed by atoms with Gasteiger partial charge in [-0.1, -0.05) is 6.92 Å². The molecule has 94 valence electrons. The first-order chi connectivity index (χ1) is 7.61. The van der Waals surface area contributed by atoms with Crippen molar-refractivity contribution >= 4 is 5.97 Å². The average molecular weight is 228 g/mol. The summed E-state index contributed by atoms with van der Waals surface area (Å²) in [6.45, 7) is 6.55. The molecular formula is C12H24N2O2. The van der Waals surface area contributed by atoms with Crippen LogP contribution < -0.4 is 5.32 Å². The van der Waals surface area contributed by atoms with Gasteiger partial charge in [0.15, 0.2) is 0 Å². The van der Waals surface area contributed by atoms with E-state index in [9.17, 15) is 4.79 Å². The van der Waals surface area contributed by atoms with Crippen LogP contribution in [0.3, 0.4) is 0 Å². The van der Waals surface area contributed by atoms with Crippen LogP contribution in [0.5, 0.6) is 0 Å². The highest BCUT2D eigenvalue weighted by atomic mass is 16.5. The number of carbonyl (C=O) groups is 1. The average Bonchev–Trinajstić information content (AvgIpc) is 2.29. The molecule has 1 aliphatic heterocycles. The fourth-order valence-electron chi connectivity index (χ4n) is 1.73. The van der Waals surface area contributed by atoms with Crippen molar-refractivity contribution in [2.45, 2.75) is 45.3 Å². The van der Waals surface area contributed by atoms with Crippen molar-refractivity contribution in [1.82, 2.24) is 10.2 Å². The van der Waals surface area contributed by atoms with E-state index < -0.39 is 0 Å². The number of nitrogens with zero attached hydrogens (tertiary/aromatic N) is 1. The zero-order valence-electron chi connectivity index (χ0n) is 10.7. The molecular weight excluding hydrogens is 204 g/mol. The summed E-state index contributed by atoms with van der Waals surface area (Å²) in [7, 11) is 2.10. The van der Waals surface area contributed by atoms with Crippen LogP contribution in [0.1, 0.15) is 33.1 Å². The van der Waals surface area contributed by atoms with E-state index in [1.54, 1.807) is 0 Å². The minimum absolute atomic E-state index is 0.116. The van der Waals surface area contributed by atoms with E-state index in [2.05, 4.69) is 31.1 Å². The monoisotopic (exact) mass is 228 g/mol. The molecule has 0 aromatic heterocycles. The van der Waals surface area contributed by atoms with Crippen molar-refractivity contribution in [3.63, 3.8) is 0 Å². The highest BCUT2D eigenvalue weighted by molar-refractivity contribution is 5.71. The molecule has 4 nitrogen and oxygen atoms in total. The minimum Gasteiger partial charge on any atom is -0.461 e. The molecule has 0 aromatic carbocycles. The highest BCUT2D eigenvalue weighted by Gasteiger charge is 2.20. The highest BCUT2D eigenvalue weighted by Crippen LogP contribution is 2.11. The van der Waals surface area contributed by atoms with Gasteiger partial charge in [-0.25, -0.2) is 0 Å². The van der Waals surface area contributed by atoms with Gasteiger partial charge in [0.05, 0.1) is 6.54 Å². The van der Waals surface area contributed by atoms with Gasteiger partial charge in [0.2, 0.25) is 0 Å². The van der Waals surface area contributed by atoms with Crippen LogP contribution in [0.15, 0.2) is 0 Å². The topological polar surface area (TPSA) is 41.6 Å². The summed E-state index contributed by atoms with van der Waals surface area (Å²) in [5.74, 6) is -0.116. The maximum atomic E-state index is 11.5. The van der Waals surface area contributed by atoms with E-state index >= 15 is 0 Å². The van der Waals surface area contributed by atoms with E-state index in [1.165, 1.54) is 0 Å². The fraction of sp³-hybridized carbons (Fsp3) is 0.917. The van der Waals surface area contributed by atoms with Gasteiger partial charge < -0.3 is 15.0 Å². The number of hydrogen-bond donors (Lipinski definition) is 1. The Labute approximate surface area is 98.3 Å². The zero-order chi connectivity index (χ0) is 12.0. The molecule has 0 spiro atoms.